The number of hydrogen-bond donors (Lipinski definition) is 3. The molecule has 2 aromatic heterocycles. The molecule has 0 saturated carbocycles. The van der Waals surface area contributed by atoms with Gasteiger partial charge < -0.3 is 21.5 Å². The highest BCUT2D eigenvalue weighted by Gasteiger charge is 2.38. The molecule has 9 heteroatoms. The van der Waals surface area contributed by atoms with E-state index in [9.17, 15) is 10.0 Å². The van der Waals surface area contributed by atoms with Crippen LogP contribution in [0.25, 0.3) is 0 Å². The van der Waals surface area contributed by atoms with Crippen molar-refractivity contribution in [3.63, 3.8) is 0 Å². The zero-order valence-electron chi connectivity index (χ0n) is 14.0. The van der Waals surface area contributed by atoms with E-state index in [0.717, 1.165) is 21.5 Å². The van der Waals surface area contributed by atoms with Crippen LogP contribution < -0.4 is 16.4 Å². The SMILES string of the molecule is Cc1nc(N=O)c(N)c(N)c1Cc1ccc(Br)c(N2CC(C)(O)C2)n1. The second-order valence-electron chi connectivity index (χ2n) is 6.56. The number of rotatable bonds is 4. The van der Waals surface area contributed by atoms with E-state index in [1.807, 2.05) is 17.0 Å². The monoisotopic (exact) mass is 406 g/mol. The lowest BCUT2D eigenvalue weighted by Gasteiger charge is -2.45. The number of pyridine rings is 2. The molecule has 0 atom stereocenters. The molecule has 1 saturated heterocycles. The summed E-state index contributed by atoms with van der Waals surface area (Å²) in [5, 5.41) is 12.7. The molecule has 3 rings (SSSR count). The van der Waals surface area contributed by atoms with Gasteiger partial charge in [0.25, 0.3) is 0 Å². The molecule has 5 N–H and O–H groups in total. The average molecular weight is 407 g/mol. The van der Waals surface area contributed by atoms with Gasteiger partial charge in [-0.15, -0.1) is 4.91 Å². The summed E-state index contributed by atoms with van der Waals surface area (Å²) >= 11 is 3.50. The summed E-state index contributed by atoms with van der Waals surface area (Å²) in [6.07, 6.45) is 0.429. The Labute approximate surface area is 153 Å². The summed E-state index contributed by atoms with van der Waals surface area (Å²) < 4.78 is 0.856. The number of nitrogens with zero attached hydrogens (tertiary/aromatic N) is 4. The highest BCUT2D eigenvalue weighted by Crippen LogP contribution is 2.34. The van der Waals surface area contributed by atoms with Crippen molar-refractivity contribution < 1.29 is 5.11 Å². The van der Waals surface area contributed by atoms with Crippen molar-refractivity contribution in [1.82, 2.24) is 9.97 Å². The summed E-state index contributed by atoms with van der Waals surface area (Å²) in [5.41, 5.74) is 13.7. The van der Waals surface area contributed by atoms with Gasteiger partial charge in [0.1, 0.15) is 11.5 Å². The van der Waals surface area contributed by atoms with Crippen LogP contribution in [0.4, 0.5) is 23.0 Å². The lowest BCUT2D eigenvalue weighted by atomic mass is 9.97. The van der Waals surface area contributed by atoms with Crippen molar-refractivity contribution in [2.45, 2.75) is 25.9 Å². The van der Waals surface area contributed by atoms with Crippen LogP contribution >= 0.6 is 15.9 Å². The minimum absolute atomic E-state index is 0.0896. The Kier molecular flexibility index (Phi) is 4.38. The Morgan fingerprint density at radius 1 is 1.32 bits per heavy atom. The molecule has 25 heavy (non-hydrogen) atoms. The standard InChI is InChI=1S/C16H19BrN6O2/c1-8-10(12(18)13(19)14(20-8)22-25)5-9-3-4-11(17)15(21-9)23-6-16(2,24)7-23/h3-4,24H,5-7,19H2,1-2H3,(H2,18,20). The molecular weight excluding hydrogens is 388 g/mol. The maximum absolute atomic E-state index is 10.8. The Morgan fingerprint density at radius 2 is 2.00 bits per heavy atom. The van der Waals surface area contributed by atoms with Crippen molar-refractivity contribution in [3.8, 4) is 0 Å². The third-order valence-electron chi connectivity index (χ3n) is 4.26. The number of nitroso groups, excluding NO2 is 1. The molecule has 132 valence electrons. The van der Waals surface area contributed by atoms with E-state index in [2.05, 4.69) is 31.1 Å². The topological polar surface area (TPSA) is 131 Å². The van der Waals surface area contributed by atoms with Crippen LogP contribution in [0.2, 0.25) is 0 Å². The van der Waals surface area contributed by atoms with Crippen LogP contribution in [-0.2, 0) is 6.42 Å². The second-order valence-corrected chi connectivity index (χ2v) is 7.41. The van der Waals surface area contributed by atoms with E-state index < -0.39 is 5.60 Å². The first-order valence-corrected chi connectivity index (χ1v) is 8.51. The van der Waals surface area contributed by atoms with Crippen LogP contribution in [-0.4, -0.2) is 33.8 Å². The van der Waals surface area contributed by atoms with Gasteiger partial charge in [-0.05, 0) is 47.1 Å². The number of halogens is 1. The summed E-state index contributed by atoms with van der Waals surface area (Å²) in [6, 6.07) is 3.79. The summed E-state index contributed by atoms with van der Waals surface area (Å²) in [5.74, 6) is 0.679. The molecule has 1 fully saturated rings. The molecule has 0 aromatic carbocycles. The zero-order valence-corrected chi connectivity index (χ0v) is 15.5. The van der Waals surface area contributed by atoms with Gasteiger partial charge in [0.05, 0.1) is 15.8 Å². The first kappa shape index (κ1) is 17.6. The maximum Gasteiger partial charge on any atom is 0.222 e. The predicted molar refractivity (Wildman–Crippen MR) is 101 cm³/mol. The van der Waals surface area contributed by atoms with Gasteiger partial charge in [0.2, 0.25) is 5.82 Å². The quantitative estimate of drug-likeness (QED) is 0.663. The van der Waals surface area contributed by atoms with Gasteiger partial charge in [0, 0.05) is 36.5 Å². The molecule has 1 aliphatic rings. The minimum Gasteiger partial charge on any atom is -0.397 e. The van der Waals surface area contributed by atoms with Gasteiger partial charge in [0.15, 0.2) is 0 Å². The smallest absolute Gasteiger partial charge is 0.222 e. The van der Waals surface area contributed by atoms with Crippen molar-refractivity contribution in [3.05, 3.63) is 38.5 Å². The highest BCUT2D eigenvalue weighted by molar-refractivity contribution is 9.10. The largest absolute Gasteiger partial charge is 0.397 e. The average Bonchev–Trinajstić information content (AvgIpc) is 2.54. The van der Waals surface area contributed by atoms with E-state index in [-0.39, 0.29) is 11.5 Å². The van der Waals surface area contributed by atoms with Gasteiger partial charge in [-0.2, -0.15) is 0 Å². The molecule has 0 radical (unpaired) electrons. The van der Waals surface area contributed by atoms with E-state index in [1.165, 1.54) is 0 Å². The summed E-state index contributed by atoms with van der Waals surface area (Å²) in [4.78, 5) is 21.5. The highest BCUT2D eigenvalue weighted by atomic mass is 79.9. The van der Waals surface area contributed by atoms with Crippen molar-refractivity contribution in [2.75, 3.05) is 29.5 Å². The Bertz CT molecular complexity index is 847. The molecule has 0 bridgehead atoms. The summed E-state index contributed by atoms with van der Waals surface area (Å²) in [7, 11) is 0. The van der Waals surface area contributed by atoms with Crippen LogP contribution in [0.5, 0.6) is 0 Å². The number of hydrogen-bond acceptors (Lipinski definition) is 8. The first-order valence-electron chi connectivity index (χ1n) is 7.72. The van der Waals surface area contributed by atoms with Crippen LogP contribution in [0, 0.1) is 11.8 Å². The molecule has 3 heterocycles. The van der Waals surface area contributed by atoms with Crippen molar-refractivity contribution in [2.24, 2.45) is 5.18 Å². The molecule has 0 amide bonds. The van der Waals surface area contributed by atoms with Gasteiger partial charge in [-0.3, -0.25) is 0 Å². The number of anilines is 3. The van der Waals surface area contributed by atoms with Crippen LogP contribution in [0.1, 0.15) is 23.9 Å². The number of aromatic nitrogens is 2. The molecule has 0 aliphatic carbocycles. The summed E-state index contributed by atoms with van der Waals surface area (Å²) in [6.45, 7) is 4.60. The third-order valence-corrected chi connectivity index (χ3v) is 4.88. The number of aryl methyl sites for hydroxylation is 1. The Hall–Kier alpha value is -2.26. The van der Waals surface area contributed by atoms with Gasteiger partial charge in [-0.25, -0.2) is 9.97 Å². The number of nitrogens with two attached hydrogens (primary N) is 2. The molecule has 2 aromatic rings. The lowest BCUT2D eigenvalue weighted by molar-refractivity contribution is 0.0304. The van der Waals surface area contributed by atoms with E-state index >= 15 is 0 Å². The fourth-order valence-corrected chi connectivity index (χ4v) is 3.43. The van der Waals surface area contributed by atoms with E-state index in [1.54, 1.807) is 13.8 Å². The second kappa shape index (κ2) is 6.23. The van der Waals surface area contributed by atoms with Crippen molar-refractivity contribution >= 4 is 38.9 Å². The maximum atomic E-state index is 10.8. The van der Waals surface area contributed by atoms with Gasteiger partial charge >= 0.3 is 0 Å². The molecule has 0 unspecified atom stereocenters. The fourth-order valence-electron chi connectivity index (χ4n) is 2.95. The minimum atomic E-state index is -0.686. The normalized spacial score (nSPS) is 15.8. The molecule has 8 nitrogen and oxygen atoms in total. The number of β-amino-alcohol motifs (C(OH)–C–C–N with tert-alkyl or cyclic N) is 1. The molecule has 0 spiro atoms. The fraction of sp³-hybridized carbons (Fsp3) is 0.375. The third kappa shape index (κ3) is 3.29. The number of nitrogen functional groups attached to an aromatic ring is 2. The Balaban J connectivity index is 1.92. The van der Waals surface area contributed by atoms with E-state index in [4.69, 9.17) is 11.5 Å². The van der Waals surface area contributed by atoms with Gasteiger partial charge in [-0.1, -0.05) is 0 Å². The molecule has 1 aliphatic heterocycles. The lowest BCUT2D eigenvalue weighted by Crippen LogP contribution is -2.60. The van der Waals surface area contributed by atoms with Crippen molar-refractivity contribution in [1.29, 1.82) is 0 Å². The zero-order chi connectivity index (χ0) is 18.4. The van der Waals surface area contributed by atoms with E-state index in [0.29, 0.717) is 30.9 Å². The number of aliphatic hydroxyl groups is 1. The van der Waals surface area contributed by atoms with Crippen LogP contribution in [0.3, 0.4) is 0 Å². The van der Waals surface area contributed by atoms with Crippen LogP contribution in [0.15, 0.2) is 21.8 Å². The first-order chi connectivity index (χ1) is 11.7. The predicted octanol–water partition coefficient (Wildman–Crippen LogP) is 2.27. The Morgan fingerprint density at radius 3 is 2.60 bits per heavy atom. The molecular formula is C16H19BrN6O2.